The molecular weight excluding hydrogens is 214 g/mol. The average molecular weight is 231 g/mol. The first-order valence-corrected chi connectivity index (χ1v) is 5.44. The lowest BCUT2D eigenvalue weighted by Gasteiger charge is -2.19. The van der Waals surface area contributed by atoms with Gasteiger partial charge in [0.1, 0.15) is 6.04 Å². The Morgan fingerprint density at radius 1 is 1.41 bits per heavy atom. The highest BCUT2D eigenvalue weighted by molar-refractivity contribution is 5.77. The summed E-state index contributed by atoms with van der Waals surface area (Å²) in [6.45, 7) is 6.07. The predicted molar refractivity (Wildman–Crippen MR) is 67.9 cm³/mol. The Morgan fingerprint density at radius 2 is 1.94 bits per heavy atom. The summed E-state index contributed by atoms with van der Waals surface area (Å²) in [5.41, 5.74) is 3.88. The molecule has 0 saturated carbocycles. The summed E-state index contributed by atoms with van der Waals surface area (Å²) in [5.74, 6) is 1.49. The van der Waals surface area contributed by atoms with Gasteiger partial charge in [0, 0.05) is 0 Å². The van der Waals surface area contributed by atoms with Gasteiger partial charge in [-0.15, -0.1) is 6.42 Å². The molecule has 0 bridgehead atoms. The molecule has 1 unspecified atom stereocenters. The van der Waals surface area contributed by atoms with Crippen molar-refractivity contribution in [3.63, 3.8) is 0 Å². The van der Waals surface area contributed by atoms with Gasteiger partial charge in [0.25, 0.3) is 0 Å². The Bertz CT molecular complexity index is 449. The smallest absolute Gasteiger partial charge is 0.325 e. The van der Waals surface area contributed by atoms with Gasteiger partial charge in [0.2, 0.25) is 0 Å². The highest BCUT2D eigenvalue weighted by Crippen LogP contribution is 2.23. The van der Waals surface area contributed by atoms with Gasteiger partial charge in [-0.05, 0) is 37.5 Å². The molecule has 0 aliphatic rings. The molecule has 1 atom stereocenters. The van der Waals surface area contributed by atoms with Crippen LogP contribution in [0.4, 0.5) is 0 Å². The van der Waals surface area contributed by atoms with E-state index in [1.165, 1.54) is 0 Å². The number of benzene rings is 1. The first-order valence-electron chi connectivity index (χ1n) is 5.44. The van der Waals surface area contributed by atoms with Crippen LogP contribution in [-0.4, -0.2) is 17.6 Å². The highest BCUT2D eigenvalue weighted by Gasteiger charge is 2.22. The number of carboxylic acid groups (broad SMARTS) is 1. The van der Waals surface area contributed by atoms with E-state index in [0.717, 1.165) is 22.3 Å². The van der Waals surface area contributed by atoms with Gasteiger partial charge in [-0.25, -0.2) is 0 Å². The third-order valence-corrected chi connectivity index (χ3v) is 2.68. The SMILES string of the molecule is C#CCNC(C(=O)O)c1c(C)cc(C)cc1C. The Labute approximate surface area is 102 Å². The van der Waals surface area contributed by atoms with E-state index in [-0.39, 0.29) is 6.54 Å². The van der Waals surface area contributed by atoms with Crippen LogP contribution in [0.1, 0.15) is 28.3 Å². The Balaban J connectivity index is 3.19. The van der Waals surface area contributed by atoms with E-state index in [0.29, 0.717) is 0 Å². The Morgan fingerprint density at radius 3 is 2.35 bits per heavy atom. The maximum Gasteiger partial charge on any atom is 0.325 e. The van der Waals surface area contributed by atoms with Crippen molar-refractivity contribution in [3.05, 3.63) is 34.4 Å². The second-order valence-corrected chi connectivity index (χ2v) is 4.17. The van der Waals surface area contributed by atoms with Crippen molar-refractivity contribution in [2.45, 2.75) is 26.8 Å². The largest absolute Gasteiger partial charge is 0.480 e. The van der Waals surface area contributed by atoms with Crippen molar-refractivity contribution in [1.29, 1.82) is 0 Å². The molecular formula is C14H17NO2. The van der Waals surface area contributed by atoms with Crippen LogP contribution in [0.3, 0.4) is 0 Å². The molecule has 0 spiro atoms. The zero-order valence-corrected chi connectivity index (χ0v) is 10.4. The van der Waals surface area contributed by atoms with E-state index >= 15 is 0 Å². The van der Waals surface area contributed by atoms with Crippen LogP contribution in [0.25, 0.3) is 0 Å². The van der Waals surface area contributed by atoms with Gasteiger partial charge in [-0.3, -0.25) is 10.1 Å². The number of hydrogen-bond acceptors (Lipinski definition) is 2. The van der Waals surface area contributed by atoms with E-state index in [1.807, 2.05) is 32.9 Å². The molecule has 0 aromatic heterocycles. The third-order valence-electron chi connectivity index (χ3n) is 2.68. The summed E-state index contributed by atoms with van der Waals surface area (Å²) in [4.78, 5) is 11.3. The number of aryl methyl sites for hydroxylation is 3. The maximum atomic E-state index is 11.3. The first-order chi connectivity index (χ1) is 7.97. The molecule has 17 heavy (non-hydrogen) atoms. The van der Waals surface area contributed by atoms with Crippen LogP contribution in [0.15, 0.2) is 12.1 Å². The number of aliphatic carboxylic acids is 1. The minimum atomic E-state index is -0.907. The van der Waals surface area contributed by atoms with Gasteiger partial charge >= 0.3 is 5.97 Å². The van der Waals surface area contributed by atoms with Crippen molar-refractivity contribution in [1.82, 2.24) is 5.32 Å². The lowest BCUT2D eigenvalue weighted by atomic mass is 9.94. The number of rotatable bonds is 4. The van der Waals surface area contributed by atoms with Crippen LogP contribution >= 0.6 is 0 Å². The van der Waals surface area contributed by atoms with E-state index in [1.54, 1.807) is 0 Å². The fourth-order valence-corrected chi connectivity index (χ4v) is 2.12. The Hall–Kier alpha value is -1.79. The van der Waals surface area contributed by atoms with Gasteiger partial charge in [-0.2, -0.15) is 0 Å². The molecule has 0 heterocycles. The normalized spacial score (nSPS) is 11.9. The summed E-state index contributed by atoms with van der Waals surface area (Å²) in [5, 5.41) is 12.1. The standard InChI is InChI=1S/C14H17NO2/c1-5-6-15-13(14(16)17)12-10(3)7-9(2)8-11(12)4/h1,7-8,13,15H,6H2,2-4H3,(H,16,17). The summed E-state index contributed by atoms with van der Waals surface area (Å²) < 4.78 is 0. The van der Waals surface area contributed by atoms with Crippen LogP contribution in [0, 0.1) is 33.1 Å². The minimum absolute atomic E-state index is 0.240. The van der Waals surface area contributed by atoms with Crippen LogP contribution in [0.2, 0.25) is 0 Å². The lowest BCUT2D eigenvalue weighted by molar-refractivity contribution is -0.139. The zero-order valence-electron chi connectivity index (χ0n) is 10.4. The average Bonchev–Trinajstić information content (AvgIpc) is 2.20. The molecule has 0 aliphatic carbocycles. The zero-order chi connectivity index (χ0) is 13.0. The van der Waals surface area contributed by atoms with E-state index in [2.05, 4.69) is 11.2 Å². The third kappa shape index (κ3) is 3.08. The molecule has 0 fully saturated rings. The Kier molecular flexibility index (Phi) is 4.30. The van der Waals surface area contributed by atoms with Crippen molar-refractivity contribution in [3.8, 4) is 12.3 Å². The summed E-state index contributed by atoms with van der Waals surface area (Å²) in [6.07, 6.45) is 5.15. The molecule has 3 nitrogen and oxygen atoms in total. The fraction of sp³-hybridized carbons (Fsp3) is 0.357. The molecule has 3 heteroatoms. The molecule has 0 saturated heterocycles. The van der Waals surface area contributed by atoms with Gasteiger partial charge in [0.05, 0.1) is 6.54 Å². The van der Waals surface area contributed by atoms with E-state index in [9.17, 15) is 9.90 Å². The second kappa shape index (κ2) is 5.51. The molecule has 90 valence electrons. The van der Waals surface area contributed by atoms with E-state index < -0.39 is 12.0 Å². The summed E-state index contributed by atoms with van der Waals surface area (Å²) >= 11 is 0. The monoisotopic (exact) mass is 231 g/mol. The van der Waals surface area contributed by atoms with Crippen molar-refractivity contribution in [2.75, 3.05) is 6.54 Å². The van der Waals surface area contributed by atoms with Crippen LogP contribution in [0.5, 0.6) is 0 Å². The lowest BCUT2D eigenvalue weighted by Crippen LogP contribution is -2.30. The van der Waals surface area contributed by atoms with Crippen molar-refractivity contribution < 1.29 is 9.90 Å². The number of terminal acetylenes is 1. The first kappa shape index (κ1) is 13.3. The highest BCUT2D eigenvalue weighted by atomic mass is 16.4. The van der Waals surface area contributed by atoms with Crippen molar-refractivity contribution in [2.24, 2.45) is 0 Å². The van der Waals surface area contributed by atoms with E-state index in [4.69, 9.17) is 6.42 Å². The fourth-order valence-electron chi connectivity index (χ4n) is 2.12. The summed E-state index contributed by atoms with van der Waals surface area (Å²) in [7, 11) is 0. The predicted octanol–water partition coefficient (Wildman–Crippen LogP) is 1.96. The second-order valence-electron chi connectivity index (χ2n) is 4.17. The molecule has 0 amide bonds. The number of hydrogen-bond donors (Lipinski definition) is 2. The number of carbonyl (C=O) groups is 1. The van der Waals surface area contributed by atoms with Crippen LogP contribution in [-0.2, 0) is 4.79 Å². The number of nitrogens with one attached hydrogen (secondary N) is 1. The molecule has 0 aliphatic heterocycles. The molecule has 1 aromatic rings. The molecule has 1 rings (SSSR count). The minimum Gasteiger partial charge on any atom is -0.480 e. The van der Waals surface area contributed by atoms with Gasteiger partial charge in [-0.1, -0.05) is 23.6 Å². The van der Waals surface area contributed by atoms with Crippen molar-refractivity contribution >= 4 is 5.97 Å². The maximum absolute atomic E-state index is 11.3. The molecule has 1 aromatic carbocycles. The van der Waals surface area contributed by atoms with Gasteiger partial charge in [0.15, 0.2) is 0 Å². The van der Waals surface area contributed by atoms with Gasteiger partial charge < -0.3 is 5.11 Å². The molecule has 0 radical (unpaired) electrons. The molecule has 2 N–H and O–H groups in total. The van der Waals surface area contributed by atoms with Crippen LogP contribution < -0.4 is 5.32 Å². The summed E-state index contributed by atoms with van der Waals surface area (Å²) in [6, 6.07) is 3.22. The topological polar surface area (TPSA) is 49.3 Å². The quantitative estimate of drug-likeness (QED) is 0.779. The number of carboxylic acids is 1.